The van der Waals surface area contributed by atoms with Crippen LogP contribution in [0.25, 0.3) is 0 Å². The third-order valence-corrected chi connectivity index (χ3v) is 7.70. The van der Waals surface area contributed by atoms with E-state index in [2.05, 4.69) is 11.2 Å². The summed E-state index contributed by atoms with van der Waals surface area (Å²) in [6, 6.07) is 3.03. The first-order chi connectivity index (χ1) is 12.4. The van der Waals surface area contributed by atoms with Crippen molar-refractivity contribution >= 4 is 10.4 Å². The molecule has 0 bridgehead atoms. The van der Waals surface area contributed by atoms with Gasteiger partial charge in [-0.1, -0.05) is 19.3 Å². The van der Waals surface area contributed by atoms with Crippen LogP contribution in [0.1, 0.15) is 96.3 Å². The number of quaternary nitrogens is 1. The zero-order chi connectivity index (χ0) is 19.0. The molecule has 5 nitrogen and oxygen atoms in total. The highest BCUT2D eigenvalue weighted by Crippen LogP contribution is 2.41. The molecular weight excluding hydrogens is 350 g/mol. The maximum absolute atomic E-state index is 9.22. The normalized spacial score (nSPS) is 24.7. The molecule has 0 aromatic rings. The first kappa shape index (κ1) is 22.1. The molecule has 0 spiro atoms. The molecule has 0 aromatic carbocycles. The van der Waals surface area contributed by atoms with Crippen LogP contribution in [-0.4, -0.2) is 49.7 Å². The van der Waals surface area contributed by atoms with Crippen LogP contribution in [0.4, 0.5) is 0 Å². The van der Waals surface area contributed by atoms with Crippen molar-refractivity contribution in [2.75, 3.05) is 14.2 Å². The SMILES string of the molecule is COS(=O)(=O)[O-].C[N+](C1CCCCC1)(C1CCCCC1)C1CCCCC1. The van der Waals surface area contributed by atoms with Crippen molar-refractivity contribution in [3.63, 3.8) is 0 Å². The van der Waals surface area contributed by atoms with Gasteiger partial charge < -0.3 is 9.04 Å². The third kappa shape index (κ3) is 6.18. The molecule has 0 N–H and O–H groups in total. The van der Waals surface area contributed by atoms with E-state index in [4.69, 9.17) is 0 Å². The Balaban J connectivity index is 0.000000352. The Hall–Kier alpha value is -0.170. The standard InChI is InChI=1S/C19H36N.CH4O4S/c1-20(17-11-5-2-6-12-17,18-13-7-3-8-14-18)19-15-9-4-10-16-19;1-5-6(2,3)4/h17-19H,2-16H2,1H3;1H3,(H,2,3,4)/q+1;/p-1. The van der Waals surface area contributed by atoms with Crippen molar-refractivity contribution in [1.29, 1.82) is 0 Å². The van der Waals surface area contributed by atoms with Gasteiger partial charge in [0.15, 0.2) is 0 Å². The van der Waals surface area contributed by atoms with E-state index >= 15 is 0 Å². The van der Waals surface area contributed by atoms with Gasteiger partial charge in [0.2, 0.25) is 10.4 Å². The number of hydrogen-bond acceptors (Lipinski definition) is 4. The van der Waals surface area contributed by atoms with Gasteiger partial charge in [-0.05, 0) is 77.0 Å². The summed E-state index contributed by atoms with van der Waals surface area (Å²) in [7, 11) is -0.908. The van der Waals surface area contributed by atoms with Gasteiger partial charge in [-0.3, -0.25) is 4.18 Å². The molecule has 154 valence electrons. The summed E-state index contributed by atoms with van der Waals surface area (Å²) in [6.07, 6.45) is 22.8. The lowest BCUT2D eigenvalue weighted by Crippen LogP contribution is -2.65. The summed E-state index contributed by atoms with van der Waals surface area (Å²) in [5.74, 6) is 0. The van der Waals surface area contributed by atoms with Crippen LogP contribution in [0.3, 0.4) is 0 Å². The Morgan fingerprint density at radius 3 is 1.12 bits per heavy atom. The van der Waals surface area contributed by atoms with Crippen LogP contribution in [0, 0.1) is 0 Å². The lowest BCUT2D eigenvalue weighted by atomic mass is 9.81. The molecule has 0 heterocycles. The summed E-state index contributed by atoms with van der Waals surface area (Å²) in [5.41, 5.74) is 0. The minimum absolute atomic E-state index is 0.808. The zero-order valence-corrected chi connectivity index (χ0v) is 17.6. The molecule has 0 saturated heterocycles. The maximum atomic E-state index is 9.22. The summed E-state index contributed by atoms with van der Waals surface area (Å²) < 4.78 is 32.5. The van der Waals surface area contributed by atoms with E-state index in [-0.39, 0.29) is 0 Å². The van der Waals surface area contributed by atoms with Crippen molar-refractivity contribution < 1.29 is 21.6 Å². The molecule has 0 atom stereocenters. The van der Waals surface area contributed by atoms with Crippen molar-refractivity contribution in [1.82, 2.24) is 0 Å². The summed E-state index contributed by atoms with van der Waals surface area (Å²) in [5, 5.41) is 0. The highest BCUT2D eigenvalue weighted by atomic mass is 32.3. The van der Waals surface area contributed by atoms with Crippen LogP contribution in [0.15, 0.2) is 0 Å². The lowest BCUT2D eigenvalue weighted by molar-refractivity contribution is -0.981. The Morgan fingerprint density at radius 2 is 0.923 bits per heavy atom. The summed E-state index contributed by atoms with van der Waals surface area (Å²) in [4.78, 5) is 0. The molecule has 0 unspecified atom stereocenters. The van der Waals surface area contributed by atoms with Gasteiger partial charge in [0.05, 0.1) is 32.3 Å². The fraction of sp³-hybridized carbons (Fsp3) is 1.00. The lowest BCUT2D eigenvalue weighted by Gasteiger charge is -2.55. The highest BCUT2D eigenvalue weighted by Gasteiger charge is 2.46. The molecule has 0 amide bonds. The fourth-order valence-electron chi connectivity index (χ4n) is 5.81. The Labute approximate surface area is 161 Å². The van der Waals surface area contributed by atoms with Gasteiger partial charge in [-0.15, -0.1) is 0 Å². The quantitative estimate of drug-likeness (QED) is 0.403. The second kappa shape index (κ2) is 10.4. The molecule has 3 saturated carbocycles. The molecular formula is C20H39NO4S. The number of hydrogen-bond donors (Lipinski definition) is 0. The second-order valence-corrected chi connectivity index (χ2v) is 9.82. The summed E-state index contributed by atoms with van der Waals surface area (Å²) >= 11 is 0. The molecule has 0 radical (unpaired) electrons. The smallest absolute Gasteiger partial charge is 0.217 e. The molecule has 6 heteroatoms. The van der Waals surface area contributed by atoms with Gasteiger partial charge in [0.1, 0.15) is 0 Å². The van der Waals surface area contributed by atoms with Gasteiger partial charge >= 0.3 is 0 Å². The Kier molecular flexibility index (Phi) is 8.84. The maximum Gasteiger partial charge on any atom is 0.217 e. The van der Waals surface area contributed by atoms with Gasteiger partial charge in [0, 0.05) is 0 Å². The molecule has 3 fully saturated rings. The second-order valence-electron chi connectivity index (χ2n) is 8.67. The van der Waals surface area contributed by atoms with E-state index < -0.39 is 10.4 Å². The van der Waals surface area contributed by atoms with E-state index in [1.54, 1.807) is 0 Å². The van der Waals surface area contributed by atoms with Gasteiger partial charge in [0.25, 0.3) is 0 Å². The minimum atomic E-state index is -4.41. The third-order valence-electron chi connectivity index (χ3n) is 7.29. The average Bonchev–Trinajstić information content (AvgIpc) is 2.69. The van der Waals surface area contributed by atoms with Crippen LogP contribution < -0.4 is 0 Å². The van der Waals surface area contributed by atoms with E-state index in [9.17, 15) is 13.0 Å². The van der Waals surface area contributed by atoms with Gasteiger partial charge in [-0.2, -0.15) is 0 Å². The highest BCUT2D eigenvalue weighted by molar-refractivity contribution is 7.80. The van der Waals surface area contributed by atoms with E-state index in [1.165, 1.54) is 101 Å². The molecule has 0 aromatic heterocycles. The zero-order valence-electron chi connectivity index (χ0n) is 16.8. The minimum Gasteiger partial charge on any atom is -0.726 e. The average molecular weight is 390 g/mol. The monoisotopic (exact) mass is 389 g/mol. The predicted octanol–water partition coefficient (Wildman–Crippen LogP) is 4.52. The summed E-state index contributed by atoms with van der Waals surface area (Å²) in [6.45, 7) is 0. The predicted molar refractivity (Wildman–Crippen MR) is 104 cm³/mol. The molecule has 0 aliphatic heterocycles. The van der Waals surface area contributed by atoms with Crippen molar-refractivity contribution in [3.05, 3.63) is 0 Å². The van der Waals surface area contributed by atoms with Gasteiger partial charge in [-0.25, -0.2) is 8.42 Å². The van der Waals surface area contributed by atoms with E-state index in [1.807, 2.05) is 0 Å². The number of rotatable bonds is 4. The first-order valence-corrected chi connectivity index (χ1v) is 12.1. The topological polar surface area (TPSA) is 66.4 Å². The molecule has 3 aliphatic rings. The molecule has 26 heavy (non-hydrogen) atoms. The van der Waals surface area contributed by atoms with Crippen LogP contribution in [0.5, 0.6) is 0 Å². The van der Waals surface area contributed by atoms with Crippen molar-refractivity contribution in [2.45, 2.75) is 114 Å². The molecule has 3 aliphatic carbocycles. The fourth-order valence-corrected chi connectivity index (χ4v) is 5.81. The molecule has 3 rings (SSSR count). The van der Waals surface area contributed by atoms with E-state index in [0.717, 1.165) is 25.2 Å². The van der Waals surface area contributed by atoms with Crippen LogP contribution in [-0.2, 0) is 14.6 Å². The van der Waals surface area contributed by atoms with Crippen molar-refractivity contribution in [3.8, 4) is 0 Å². The van der Waals surface area contributed by atoms with Crippen LogP contribution >= 0.6 is 0 Å². The van der Waals surface area contributed by atoms with E-state index in [0.29, 0.717) is 0 Å². The van der Waals surface area contributed by atoms with Crippen molar-refractivity contribution in [2.24, 2.45) is 0 Å². The first-order valence-electron chi connectivity index (χ1n) is 10.7. The number of nitrogens with zero attached hydrogens (tertiary/aromatic N) is 1. The Bertz CT molecular complexity index is 444. The van der Waals surface area contributed by atoms with Crippen LogP contribution in [0.2, 0.25) is 0 Å². The largest absolute Gasteiger partial charge is 0.726 e. The Morgan fingerprint density at radius 1 is 0.692 bits per heavy atom.